The second-order valence-corrected chi connectivity index (χ2v) is 6.02. The van der Waals surface area contributed by atoms with E-state index in [0.717, 1.165) is 5.01 Å². The first-order valence-electron chi connectivity index (χ1n) is 5.22. The van der Waals surface area contributed by atoms with Gasteiger partial charge in [-0.1, -0.05) is 34.8 Å². The van der Waals surface area contributed by atoms with E-state index in [9.17, 15) is 4.79 Å². The summed E-state index contributed by atoms with van der Waals surface area (Å²) in [5.74, 6) is -0.360. The highest BCUT2D eigenvalue weighted by molar-refractivity contribution is 7.09. The van der Waals surface area contributed by atoms with Crippen LogP contribution < -0.4 is 4.74 Å². The Kier molecular flexibility index (Phi) is 4.68. The molecule has 0 aliphatic carbocycles. The van der Waals surface area contributed by atoms with E-state index in [2.05, 4.69) is 4.98 Å². The van der Waals surface area contributed by atoms with Crippen LogP contribution in [0, 0.1) is 6.92 Å². The predicted molar refractivity (Wildman–Crippen MR) is 77.7 cm³/mol. The Morgan fingerprint density at radius 1 is 1.32 bits per heavy atom. The molecular weight excluding hydrogens is 329 g/mol. The summed E-state index contributed by atoms with van der Waals surface area (Å²) in [5, 5.41) is 3.47. The van der Waals surface area contributed by atoms with Crippen molar-refractivity contribution >= 4 is 52.1 Å². The maximum absolute atomic E-state index is 11.8. The molecule has 0 amide bonds. The molecule has 1 aromatic heterocycles. The molecule has 3 nitrogen and oxygen atoms in total. The van der Waals surface area contributed by atoms with Crippen molar-refractivity contribution in [3.8, 4) is 5.75 Å². The van der Waals surface area contributed by atoms with E-state index in [1.54, 1.807) is 0 Å². The van der Waals surface area contributed by atoms with Crippen LogP contribution >= 0.6 is 46.1 Å². The number of ether oxygens (including phenoxy) is 1. The summed E-state index contributed by atoms with van der Waals surface area (Å²) < 4.78 is 5.15. The van der Waals surface area contributed by atoms with E-state index >= 15 is 0 Å². The summed E-state index contributed by atoms with van der Waals surface area (Å²) in [5.41, 5.74) is 0.661. The summed E-state index contributed by atoms with van der Waals surface area (Å²) in [6.07, 6.45) is 0.0691. The number of hydrogen-bond donors (Lipinski definition) is 0. The van der Waals surface area contributed by atoms with Crippen LogP contribution in [0.15, 0.2) is 17.5 Å². The van der Waals surface area contributed by atoms with Gasteiger partial charge in [0.25, 0.3) is 0 Å². The molecule has 100 valence electrons. The highest BCUT2D eigenvalue weighted by Gasteiger charge is 2.15. The van der Waals surface area contributed by atoms with Crippen molar-refractivity contribution in [3.05, 3.63) is 43.3 Å². The van der Waals surface area contributed by atoms with Gasteiger partial charge < -0.3 is 4.74 Å². The minimum absolute atomic E-state index is 0.0691. The van der Waals surface area contributed by atoms with Gasteiger partial charge in [0, 0.05) is 10.4 Å². The highest BCUT2D eigenvalue weighted by atomic mass is 35.5. The highest BCUT2D eigenvalue weighted by Crippen LogP contribution is 2.36. The van der Waals surface area contributed by atoms with Crippen LogP contribution in [0.5, 0.6) is 5.75 Å². The quantitative estimate of drug-likeness (QED) is 0.609. The summed E-state index contributed by atoms with van der Waals surface area (Å²) >= 11 is 19.1. The van der Waals surface area contributed by atoms with E-state index in [0.29, 0.717) is 10.7 Å². The van der Waals surface area contributed by atoms with Gasteiger partial charge in [-0.2, -0.15) is 0 Å². The SMILES string of the molecule is Cc1nc(CC(=O)Oc2c(Cl)cc(Cl)cc2Cl)cs1. The lowest BCUT2D eigenvalue weighted by atomic mass is 10.3. The summed E-state index contributed by atoms with van der Waals surface area (Å²) in [4.78, 5) is 16.0. The third-order valence-corrected chi connectivity index (χ3v) is 3.77. The molecule has 7 heteroatoms. The predicted octanol–water partition coefficient (Wildman–Crippen LogP) is 4.56. The molecule has 2 rings (SSSR count). The Hall–Kier alpha value is -0.810. The molecular formula is C12H8Cl3NO2S. The Balaban J connectivity index is 2.11. The van der Waals surface area contributed by atoms with Crippen LogP contribution in [0.1, 0.15) is 10.7 Å². The van der Waals surface area contributed by atoms with Crippen molar-refractivity contribution in [2.45, 2.75) is 13.3 Å². The number of nitrogens with zero attached hydrogens (tertiary/aromatic N) is 1. The number of halogens is 3. The molecule has 1 heterocycles. The van der Waals surface area contributed by atoms with Gasteiger partial charge in [0.15, 0.2) is 5.75 Å². The Morgan fingerprint density at radius 2 is 1.95 bits per heavy atom. The Morgan fingerprint density at radius 3 is 2.47 bits per heavy atom. The number of carbonyl (C=O) groups is 1. The van der Waals surface area contributed by atoms with E-state index in [1.165, 1.54) is 23.5 Å². The molecule has 1 aromatic carbocycles. The first-order valence-corrected chi connectivity index (χ1v) is 7.23. The van der Waals surface area contributed by atoms with Crippen LogP contribution in [-0.2, 0) is 11.2 Å². The lowest BCUT2D eigenvalue weighted by Crippen LogP contribution is -2.12. The van der Waals surface area contributed by atoms with Crippen LogP contribution in [0.25, 0.3) is 0 Å². The number of aromatic nitrogens is 1. The third kappa shape index (κ3) is 3.83. The van der Waals surface area contributed by atoms with Gasteiger partial charge in [-0.05, 0) is 19.1 Å². The Labute approximate surface area is 129 Å². The largest absolute Gasteiger partial charge is 0.423 e. The second-order valence-electron chi connectivity index (χ2n) is 3.71. The molecule has 0 aliphatic rings. The number of benzene rings is 1. The minimum Gasteiger partial charge on any atom is -0.423 e. The van der Waals surface area contributed by atoms with Crippen molar-refractivity contribution in [2.24, 2.45) is 0 Å². The molecule has 0 saturated heterocycles. The number of esters is 1. The average Bonchev–Trinajstić information content (AvgIpc) is 2.69. The minimum atomic E-state index is -0.476. The maximum Gasteiger partial charge on any atom is 0.317 e. The first kappa shape index (κ1) is 14.6. The van der Waals surface area contributed by atoms with Crippen LogP contribution in [-0.4, -0.2) is 11.0 Å². The van der Waals surface area contributed by atoms with Crippen molar-refractivity contribution in [1.82, 2.24) is 4.98 Å². The number of carbonyl (C=O) groups excluding carboxylic acids is 1. The first-order chi connectivity index (χ1) is 8.95. The van der Waals surface area contributed by atoms with Crippen LogP contribution in [0.2, 0.25) is 15.1 Å². The number of aryl methyl sites for hydroxylation is 1. The van der Waals surface area contributed by atoms with Gasteiger partial charge >= 0.3 is 5.97 Å². The summed E-state index contributed by atoms with van der Waals surface area (Å²) in [7, 11) is 0. The third-order valence-electron chi connectivity index (χ3n) is 2.17. The fraction of sp³-hybridized carbons (Fsp3) is 0.167. The number of rotatable bonds is 3. The summed E-state index contributed by atoms with van der Waals surface area (Å²) in [6, 6.07) is 2.93. The topological polar surface area (TPSA) is 39.2 Å². The standard InChI is InChI=1S/C12H8Cl3NO2S/c1-6-16-8(5-19-6)4-11(17)18-12-9(14)2-7(13)3-10(12)15/h2-3,5H,4H2,1H3. The monoisotopic (exact) mass is 335 g/mol. The average molecular weight is 337 g/mol. The molecule has 0 aliphatic heterocycles. The molecule has 0 radical (unpaired) electrons. The van der Waals surface area contributed by atoms with E-state index in [-0.39, 0.29) is 22.2 Å². The molecule has 2 aromatic rings. The lowest BCUT2D eigenvalue weighted by molar-refractivity contribution is -0.133. The zero-order valence-electron chi connectivity index (χ0n) is 9.75. The van der Waals surface area contributed by atoms with Crippen molar-refractivity contribution in [2.75, 3.05) is 0 Å². The molecule has 19 heavy (non-hydrogen) atoms. The van der Waals surface area contributed by atoms with Crippen molar-refractivity contribution < 1.29 is 9.53 Å². The van der Waals surface area contributed by atoms with E-state index in [1.807, 2.05) is 12.3 Å². The van der Waals surface area contributed by atoms with Gasteiger partial charge in [0.05, 0.1) is 27.2 Å². The number of thiazole rings is 1. The smallest absolute Gasteiger partial charge is 0.317 e. The molecule has 0 spiro atoms. The van der Waals surface area contributed by atoms with E-state index < -0.39 is 5.97 Å². The zero-order valence-corrected chi connectivity index (χ0v) is 12.8. The normalized spacial score (nSPS) is 10.5. The van der Waals surface area contributed by atoms with Gasteiger partial charge in [-0.25, -0.2) is 4.98 Å². The number of hydrogen-bond acceptors (Lipinski definition) is 4. The molecule has 0 unspecified atom stereocenters. The second kappa shape index (κ2) is 6.09. The van der Waals surface area contributed by atoms with Crippen LogP contribution in [0.4, 0.5) is 0 Å². The van der Waals surface area contributed by atoms with Gasteiger partial charge in [-0.15, -0.1) is 11.3 Å². The van der Waals surface area contributed by atoms with Crippen LogP contribution in [0.3, 0.4) is 0 Å². The fourth-order valence-corrected chi connectivity index (χ4v) is 2.92. The van der Waals surface area contributed by atoms with Gasteiger partial charge in [0.2, 0.25) is 0 Å². The molecule has 0 N–H and O–H groups in total. The van der Waals surface area contributed by atoms with Crippen molar-refractivity contribution in [3.63, 3.8) is 0 Å². The van der Waals surface area contributed by atoms with Gasteiger partial charge in [0.1, 0.15) is 0 Å². The maximum atomic E-state index is 11.8. The zero-order chi connectivity index (χ0) is 14.0. The van der Waals surface area contributed by atoms with E-state index in [4.69, 9.17) is 39.5 Å². The van der Waals surface area contributed by atoms with Crippen molar-refractivity contribution in [1.29, 1.82) is 0 Å². The summed E-state index contributed by atoms with van der Waals surface area (Å²) in [6.45, 7) is 1.87. The molecule has 0 atom stereocenters. The molecule has 0 fully saturated rings. The molecule has 0 bridgehead atoms. The lowest BCUT2D eigenvalue weighted by Gasteiger charge is -2.08. The molecule has 0 saturated carbocycles. The fourth-order valence-electron chi connectivity index (χ4n) is 1.41. The Bertz CT molecular complexity index is 604. The van der Waals surface area contributed by atoms with Gasteiger partial charge in [-0.3, -0.25) is 4.79 Å².